The van der Waals surface area contributed by atoms with Crippen LogP contribution in [0.25, 0.3) is 11.0 Å². The Kier molecular flexibility index (Phi) is 5.55. The summed E-state index contributed by atoms with van der Waals surface area (Å²) in [5.41, 5.74) is -0.0744. The molecule has 2 aromatic rings. The first-order valence-electron chi connectivity index (χ1n) is 8.90. The zero-order chi connectivity index (χ0) is 19.6. The lowest BCUT2D eigenvalue weighted by Crippen LogP contribution is -2.45. The topological polar surface area (TPSA) is 93.9 Å². The van der Waals surface area contributed by atoms with Gasteiger partial charge in [-0.3, -0.25) is 4.79 Å². The van der Waals surface area contributed by atoms with Crippen molar-refractivity contribution < 1.29 is 22.4 Å². The smallest absolute Gasteiger partial charge is 0.336 e. The SMILES string of the molecule is CC(C)CN(C(=O)COc1ccc2ccc(=O)oc2c1)[C@@H]1CCS(=O)(=O)C1. The average molecular weight is 393 g/mol. The molecule has 0 radical (unpaired) electrons. The van der Waals surface area contributed by atoms with Crippen molar-refractivity contribution >= 4 is 26.7 Å². The first kappa shape index (κ1) is 19.4. The van der Waals surface area contributed by atoms with E-state index in [-0.39, 0.29) is 36.0 Å². The third-order valence-corrected chi connectivity index (χ3v) is 6.24. The molecule has 0 spiro atoms. The molecule has 1 aliphatic rings. The zero-order valence-electron chi connectivity index (χ0n) is 15.4. The summed E-state index contributed by atoms with van der Waals surface area (Å²) in [6, 6.07) is 7.70. The minimum Gasteiger partial charge on any atom is -0.484 e. The molecular formula is C19H23NO6S. The Balaban J connectivity index is 1.71. The van der Waals surface area contributed by atoms with Crippen LogP contribution in [-0.4, -0.2) is 49.9 Å². The molecule has 7 nitrogen and oxygen atoms in total. The predicted molar refractivity (Wildman–Crippen MR) is 102 cm³/mol. The monoisotopic (exact) mass is 393 g/mol. The number of carbonyl (C=O) groups is 1. The van der Waals surface area contributed by atoms with Crippen LogP contribution in [0.2, 0.25) is 0 Å². The highest BCUT2D eigenvalue weighted by Gasteiger charge is 2.34. The van der Waals surface area contributed by atoms with Crippen LogP contribution in [0.4, 0.5) is 0 Å². The Morgan fingerprint density at radius 2 is 2.04 bits per heavy atom. The number of ether oxygens (including phenoxy) is 1. The fraction of sp³-hybridized carbons (Fsp3) is 0.474. The number of fused-ring (bicyclic) bond motifs is 1. The van der Waals surface area contributed by atoms with Crippen LogP contribution in [-0.2, 0) is 14.6 Å². The maximum absolute atomic E-state index is 12.7. The van der Waals surface area contributed by atoms with Crippen LogP contribution >= 0.6 is 0 Å². The molecule has 27 heavy (non-hydrogen) atoms. The third kappa shape index (κ3) is 4.88. The first-order valence-corrected chi connectivity index (χ1v) is 10.7. The molecule has 3 rings (SSSR count). The summed E-state index contributed by atoms with van der Waals surface area (Å²) in [6.45, 7) is 4.24. The fourth-order valence-electron chi connectivity index (χ4n) is 3.23. The maximum Gasteiger partial charge on any atom is 0.336 e. The number of hydrogen-bond donors (Lipinski definition) is 0. The summed E-state index contributed by atoms with van der Waals surface area (Å²) in [7, 11) is -3.08. The molecule has 1 fully saturated rings. The van der Waals surface area contributed by atoms with Gasteiger partial charge in [0, 0.05) is 30.1 Å². The maximum atomic E-state index is 12.7. The summed E-state index contributed by atoms with van der Waals surface area (Å²) in [4.78, 5) is 25.7. The van der Waals surface area contributed by atoms with Gasteiger partial charge in [0.05, 0.1) is 11.5 Å². The van der Waals surface area contributed by atoms with E-state index in [1.54, 1.807) is 29.2 Å². The van der Waals surface area contributed by atoms with Crippen molar-refractivity contribution in [3.8, 4) is 5.75 Å². The largest absolute Gasteiger partial charge is 0.484 e. The highest BCUT2D eigenvalue weighted by atomic mass is 32.2. The van der Waals surface area contributed by atoms with Crippen LogP contribution in [0.1, 0.15) is 20.3 Å². The molecule has 0 bridgehead atoms. The van der Waals surface area contributed by atoms with Crippen molar-refractivity contribution in [2.24, 2.45) is 5.92 Å². The molecular weight excluding hydrogens is 370 g/mol. The molecule has 146 valence electrons. The lowest BCUT2D eigenvalue weighted by Gasteiger charge is -2.29. The highest BCUT2D eigenvalue weighted by molar-refractivity contribution is 7.91. The van der Waals surface area contributed by atoms with Crippen molar-refractivity contribution in [2.75, 3.05) is 24.7 Å². The summed E-state index contributed by atoms with van der Waals surface area (Å²) >= 11 is 0. The molecule has 1 aromatic heterocycles. The number of carbonyl (C=O) groups excluding carboxylic acids is 1. The second-order valence-electron chi connectivity index (χ2n) is 7.24. The third-order valence-electron chi connectivity index (χ3n) is 4.49. The Hall–Kier alpha value is -2.35. The lowest BCUT2D eigenvalue weighted by molar-refractivity contribution is -0.135. The van der Waals surface area contributed by atoms with E-state index in [0.29, 0.717) is 24.3 Å². The standard InChI is InChI=1S/C19H23NO6S/c1-13(2)10-20(15-7-8-27(23,24)12-15)18(21)11-25-16-5-3-14-4-6-19(22)26-17(14)9-16/h3-6,9,13,15H,7-8,10-12H2,1-2H3/t15-/m1/s1. The minimum absolute atomic E-state index is 0.00654. The molecule has 0 aliphatic carbocycles. The first-order chi connectivity index (χ1) is 12.7. The Labute approximate surface area is 157 Å². The Bertz CT molecular complexity index is 995. The zero-order valence-corrected chi connectivity index (χ0v) is 16.2. The van der Waals surface area contributed by atoms with Gasteiger partial charge in [0.25, 0.3) is 5.91 Å². The van der Waals surface area contributed by atoms with Crippen molar-refractivity contribution in [3.63, 3.8) is 0 Å². The second-order valence-corrected chi connectivity index (χ2v) is 9.47. The Morgan fingerprint density at radius 3 is 2.70 bits per heavy atom. The van der Waals surface area contributed by atoms with Crippen molar-refractivity contribution in [2.45, 2.75) is 26.3 Å². The fourth-order valence-corrected chi connectivity index (χ4v) is 4.96. The van der Waals surface area contributed by atoms with E-state index in [0.717, 1.165) is 5.39 Å². The van der Waals surface area contributed by atoms with Crippen molar-refractivity contribution in [3.05, 3.63) is 40.8 Å². The molecule has 1 aromatic carbocycles. The van der Waals surface area contributed by atoms with Gasteiger partial charge in [0.15, 0.2) is 16.4 Å². The van der Waals surface area contributed by atoms with Gasteiger partial charge in [-0.25, -0.2) is 13.2 Å². The number of amides is 1. The molecule has 8 heteroatoms. The normalized spacial score (nSPS) is 18.7. The molecule has 2 heterocycles. The van der Waals surface area contributed by atoms with E-state index < -0.39 is 15.5 Å². The highest BCUT2D eigenvalue weighted by Crippen LogP contribution is 2.21. The van der Waals surface area contributed by atoms with Crippen molar-refractivity contribution in [1.29, 1.82) is 0 Å². The van der Waals surface area contributed by atoms with Gasteiger partial charge in [-0.1, -0.05) is 13.8 Å². The number of nitrogens with zero attached hydrogens (tertiary/aromatic N) is 1. The van der Waals surface area contributed by atoms with E-state index in [4.69, 9.17) is 9.15 Å². The lowest BCUT2D eigenvalue weighted by atomic mass is 10.1. The molecule has 1 saturated heterocycles. The number of benzene rings is 1. The van der Waals surface area contributed by atoms with Gasteiger partial charge in [0.2, 0.25) is 0 Å². The minimum atomic E-state index is -3.08. The van der Waals surface area contributed by atoms with Gasteiger partial charge in [-0.05, 0) is 30.5 Å². The van der Waals surface area contributed by atoms with Crippen LogP contribution in [0.3, 0.4) is 0 Å². The predicted octanol–water partition coefficient (Wildman–Crippen LogP) is 1.84. The second kappa shape index (κ2) is 7.72. The van der Waals surface area contributed by atoms with Crippen LogP contribution in [0.15, 0.2) is 39.5 Å². The number of hydrogen-bond acceptors (Lipinski definition) is 6. The number of sulfone groups is 1. The van der Waals surface area contributed by atoms with E-state index in [2.05, 4.69) is 0 Å². The molecule has 1 atom stereocenters. The van der Waals surface area contributed by atoms with Gasteiger partial charge in [0.1, 0.15) is 11.3 Å². The molecule has 0 saturated carbocycles. The van der Waals surface area contributed by atoms with E-state index in [1.807, 2.05) is 13.8 Å². The molecule has 0 unspecified atom stereocenters. The van der Waals surface area contributed by atoms with Gasteiger partial charge in [-0.2, -0.15) is 0 Å². The van der Waals surface area contributed by atoms with Gasteiger partial charge < -0.3 is 14.1 Å². The molecule has 0 N–H and O–H groups in total. The van der Waals surface area contributed by atoms with Crippen LogP contribution < -0.4 is 10.4 Å². The summed E-state index contributed by atoms with van der Waals surface area (Å²) < 4.78 is 34.3. The molecule has 1 amide bonds. The molecule has 1 aliphatic heterocycles. The summed E-state index contributed by atoms with van der Waals surface area (Å²) in [5, 5.41) is 0.755. The van der Waals surface area contributed by atoms with E-state index in [9.17, 15) is 18.0 Å². The van der Waals surface area contributed by atoms with E-state index >= 15 is 0 Å². The van der Waals surface area contributed by atoms with Gasteiger partial charge >= 0.3 is 5.63 Å². The average Bonchev–Trinajstić information content (AvgIpc) is 2.96. The summed E-state index contributed by atoms with van der Waals surface area (Å²) in [6.07, 6.45) is 0.460. The quantitative estimate of drug-likeness (QED) is 0.695. The van der Waals surface area contributed by atoms with E-state index in [1.165, 1.54) is 6.07 Å². The van der Waals surface area contributed by atoms with Crippen LogP contribution in [0.5, 0.6) is 5.75 Å². The van der Waals surface area contributed by atoms with Crippen molar-refractivity contribution in [1.82, 2.24) is 4.90 Å². The Morgan fingerprint density at radius 1 is 1.30 bits per heavy atom. The van der Waals surface area contributed by atoms with Crippen LogP contribution in [0, 0.1) is 5.92 Å². The summed E-state index contributed by atoms with van der Waals surface area (Å²) in [5.74, 6) is 0.498. The number of rotatable bonds is 6. The van der Waals surface area contributed by atoms with Gasteiger partial charge in [-0.15, -0.1) is 0 Å².